The molecule has 0 aliphatic carbocycles. The van der Waals surface area contributed by atoms with Crippen LogP contribution in [0.25, 0.3) is 0 Å². The largest absolute Gasteiger partial charge is 0.421 e. The highest BCUT2D eigenvalue weighted by Crippen LogP contribution is 2.34. The Morgan fingerprint density at radius 3 is 2.92 bits per heavy atom. The van der Waals surface area contributed by atoms with Crippen molar-refractivity contribution >= 4 is 5.69 Å². The number of para-hydroxylation sites is 2. The molecule has 1 heterocycles. The van der Waals surface area contributed by atoms with Crippen LogP contribution >= 0.6 is 0 Å². The van der Waals surface area contributed by atoms with E-state index in [1.54, 1.807) is 24.3 Å². The highest BCUT2D eigenvalue weighted by molar-refractivity contribution is 5.47. The van der Waals surface area contributed by atoms with Gasteiger partial charge in [-0.15, -0.1) is 0 Å². The standard InChI is InChI=1S/C8H8NO3/c10-5-8-9(11)6-3-1-2-4-7(6)12-8/h1-4,8,10H,5H2/q+1. The van der Waals surface area contributed by atoms with Gasteiger partial charge in [0.05, 0.1) is 4.76 Å². The summed E-state index contributed by atoms with van der Waals surface area (Å²) in [6.45, 7) is -0.293. The Bertz CT molecular complexity index is 324. The molecule has 4 heteroatoms. The fourth-order valence-electron chi connectivity index (χ4n) is 1.20. The predicted molar refractivity (Wildman–Crippen MR) is 41.2 cm³/mol. The zero-order valence-electron chi connectivity index (χ0n) is 6.30. The van der Waals surface area contributed by atoms with Crippen LogP contribution in [0.5, 0.6) is 5.75 Å². The fraction of sp³-hybridized carbons (Fsp3) is 0.250. The van der Waals surface area contributed by atoms with Crippen LogP contribution < -0.4 is 4.74 Å². The highest BCUT2D eigenvalue weighted by Gasteiger charge is 2.39. The molecule has 1 atom stereocenters. The summed E-state index contributed by atoms with van der Waals surface area (Å²) < 4.78 is 5.81. The number of fused-ring (bicyclic) bond motifs is 1. The number of hydrogen-bond acceptors (Lipinski definition) is 3. The fourth-order valence-corrected chi connectivity index (χ4v) is 1.20. The lowest BCUT2D eigenvalue weighted by molar-refractivity contribution is -0.532. The summed E-state index contributed by atoms with van der Waals surface area (Å²) in [6, 6.07) is 6.91. The zero-order valence-corrected chi connectivity index (χ0v) is 6.30. The number of ether oxygens (including phenoxy) is 1. The summed E-state index contributed by atoms with van der Waals surface area (Å²) in [7, 11) is 0. The molecule has 0 bridgehead atoms. The molecule has 12 heavy (non-hydrogen) atoms. The van der Waals surface area contributed by atoms with E-state index in [1.807, 2.05) is 0 Å². The van der Waals surface area contributed by atoms with Crippen LogP contribution in [-0.2, 0) is 0 Å². The summed E-state index contributed by atoms with van der Waals surface area (Å²) in [5, 5.41) is 8.74. The smallest absolute Gasteiger partial charge is 0.373 e. The number of benzene rings is 1. The number of hydrogen-bond donors (Lipinski definition) is 1. The quantitative estimate of drug-likeness (QED) is 0.628. The summed E-state index contributed by atoms with van der Waals surface area (Å²) in [5.74, 6) is 0.534. The van der Waals surface area contributed by atoms with Crippen LogP contribution in [-0.4, -0.2) is 22.7 Å². The molecule has 0 saturated carbocycles. The van der Waals surface area contributed by atoms with Gasteiger partial charge in [-0.2, -0.15) is 0 Å². The van der Waals surface area contributed by atoms with Gasteiger partial charge < -0.3 is 9.84 Å². The van der Waals surface area contributed by atoms with Gasteiger partial charge in [-0.1, -0.05) is 12.1 Å². The molecule has 0 fully saturated rings. The van der Waals surface area contributed by atoms with Crippen molar-refractivity contribution in [3.63, 3.8) is 0 Å². The average Bonchev–Trinajstić information content (AvgIpc) is 2.44. The highest BCUT2D eigenvalue weighted by atomic mass is 16.5. The summed E-state index contributed by atoms with van der Waals surface area (Å²) >= 11 is 0. The first kappa shape index (κ1) is 7.24. The summed E-state index contributed by atoms with van der Waals surface area (Å²) in [6.07, 6.45) is -0.776. The van der Waals surface area contributed by atoms with E-state index in [4.69, 9.17) is 9.84 Å². The van der Waals surface area contributed by atoms with Gasteiger partial charge in [0, 0.05) is 11.0 Å². The third-order valence-electron chi connectivity index (χ3n) is 1.78. The van der Waals surface area contributed by atoms with Crippen molar-refractivity contribution in [1.82, 2.24) is 0 Å². The maximum Gasteiger partial charge on any atom is 0.373 e. The van der Waals surface area contributed by atoms with E-state index in [9.17, 15) is 4.91 Å². The van der Waals surface area contributed by atoms with E-state index in [2.05, 4.69) is 0 Å². The first-order valence-corrected chi connectivity index (χ1v) is 3.66. The molecule has 0 spiro atoms. The molecule has 1 aliphatic rings. The first-order chi connectivity index (χ1) is 5.83. The third kappa shape index (κ3) is 0.887. The van der Waals surface area contributed by atoms with Gasteiger partial charge in [-0.3, -0.25) is 0 Å². The van der Waals surface area contributed by atoms with Gasteiger partial charge in [-0.05, 0) is 6.07 Å². The third-order valence-corrected chi connectivity index (χ3v) is 1.78. The average molecular weight is 166 g/mol. The van der Waals surface area contributed by atoms with Crippen molar-refractivity contribution in [2.75, 3.05) is 6.61 Å². The SMILES string of the molecule is O=[N+]1c2ccccc2OC1CO. The molecule has 0 radical (unpaired) electrons. The lowest BCUT2D eigenvalue weighted by Crippen LogP contribution is -2.24. The van der Waals surface area contributed by atoms with Crippen LogP contribution in [0.1, 0.15) is 0 Å². The van der Waals surface area contributed by atoms with Gasteiger partial charge in [-0.25, -0.2) is 0 Å². The van der Waals surface area contributed by atoms with Gasteiger partial charge in [0.2, 0.25) is 5.75 Å². The molecule has 0 aromatic heterocycles. The number of nitroso groups, excluding NO2 is 1. The maximum atomic E-state index is 11.3. The van der Waals surface area contributed by atoms with Crippen LogP contribution in [0.3, 0.4) is 0 Å². The molecule has 1 N–H and O–H groups in total. The molecule has 0 saturated heterocycles. The van der Waals surface area contributed by atoms with Crippen LogP contribution in [0.15, 0.2) is 24.3 Å². The summed E-state index contributed by atoms with van der Waals surface area (Å²) in [4.78, 5) is 11.3. The van der Waals surface area contributed by atoms with Crippen LogP contribution in [0.4, 0.5) is 5.69 Å². The van der Waals surface area contributed by atoms with Gasteiger partial charge >= 0.3 is 11.9 Å². The van der Waals surface area contributed by atoms with Crippen LogP contribution in [0.2, 0.25) is 0 Å². The Morgan fingerprint density at radius 2 is 2.25 bits per heavy atom. The lowest BCUT2D eigenvalue weighted by atomic mass is 10.3. The van der Waals surface area contributed by atoms with E-state index in [0.717, 1.165) is 0 Å². The Kier molecular flexibility index (Phi) is 1.55. The first-order valence-electron chi connectivity index (χ1n) is 3.66. The molecule has 4 nitrogen and oxygen atoms in total. The minimum Gasteiger partial charge on any atom is -0.421 e. The van der Waals surface area contributed by atoms with Crippen molar-refractivity contribution < 1.29 is 14.6 Å². The Balaban J connectivity index is 2.42. The second-order valence-electron chi connectivity index (χ2n) is 2.55. The molecule has 0 amide bonds. The molecular formula is C8H8NO3+. The second-order valence-corrected chi connectivity index (χ2v) is 2.55. The van der Waals surface area contributed by atoms with Crippen molar-refractivity contribution in [3.05, 3.63) is 29.2 Å². The topological polar surface area (TPSA) is 49.5 Å². The normalized spacial score (nSPS) is 20.4. The Labute approximate surface area is 69.0 Å². The Hall–Kier alpha value is -1.42. The second kappa shape index (κ2) is 2.57. The molecule has 2 rings (SSSR count). The van der Waals surface area contributed by atoms with E-state index in [1.165, 1.54) is 0 Å². The zero-order chi connectivity index (χ0) is 8.55. The molecular weight excluding hydrogens is 158 g/mol. The molecule has 1 aromatic rings. The monoisotopic (exact) mass is 166 g/mol. The van der Waals surface area contributed by atoms with Crippen molar-refractivity contribution in [3.8, 4) is 5.75 Å². The van der Waals surface area contributed by atoms with E-state index in [0.29, 0.717) is 16.2 Å². The molecule has 1 aromatic carbocycles. The van der Waals surface area contributed by atoms with Gasteiger partial charge in [0.1, 0.15) is 6.61 Å². The van der Waals surface area contributed by atoms with Crippen molar-refractivity contribution in [2.24, 2.45) is 0 Å². The Morgan fingerprint density at radius 1 is 1.50 bits per heavy atom. The van der Waals surface area contributed by atoms with Crippen molar-refractivity contribution in [2.45, 2.75) is 6.23 Å². The number of nitrogens with zero attached hydrogens (tertiary/aromatic N) is 1. The summed E-state index contributed by atoms with van der Waals surface area (Å²) in [5.41, 5.74) is 0.483. The van der Waals surface area contributed by atoms with E-state index >= 15 is 0 Å². The minimum atomic E-state index is -0.776. The number of aliphatic hydroxyl groups is 1. The number of aliphatic hydroxyl groups excluding tert-OH is 1. The van der Waals surface area contributed by atoms with Crippen LogP contribution in [0, 0.1) is 4.91 Å². The molecule has 1 aliphatic heterocycles. The maximum absolute atomic E-state index is 11.3. The lowest BCUT2D eigenvalue weighted by Gasteiger charge is -1.95. The van der Waals surface area contributed by atoms with Gasteiger partial charge in [0.15, 0.2) is 0 Å². The van der Waals surface area contributed by atoms with E-state index < -0.39 is 6.23 Å². The predicted octanol–water partition coefficient (Wildman–Crippen LogP) is 0.808. The van der Waals surface area contributed by atoms with Crippen molar-refractivity contribution in [1.29, 1.82) is 0 Å². The van der Waals surface area contributed by atoms with Gasteiger partial charge in [0.25, 0.3) is 0 Å². The van der Waals surface area contributed by atoms with E-state index in [-0.39, 0.29) is 6.61 Å². The number of rotatable bonds is 1. The molecule has 1 unspecified atom stereocenters. The molecule has 62 valence electrons. The minimum absolute atomic E-state index is 0.293.